The third-order valence-electron chi connectivity index (χ3n) is 4.11. The Kier molecular flexibility index (Phi) is 3.18. The molecule has 22 heavy (non-hydrogen) atoms. The standard InChI is InChI=1S/C16H15N3O2S/c20-13(18-7-3-4-8-18)9-19-10-17-14-11-5-1-2-6-12(11)22-15(14)16(19)21/h1-2,5-6,10H,3-4,7-9H2. The first-order valence-electron chi connectivity index (χ1n) is 7.38. The fourth-order valence-corrected chi connectivity index (χ4v) is 4.05. The predicted molar refractivity (Wildman–Crippen MR) is 87.2 cm³/mol. The summed E-state index contributed by atoms with van der Waals surface area (Å²) in [6.07, 6.45) is 3.60. The van der Waals surface area contributed by atoms with Gasteiger partial charge in [-0.3, -0.25) is 14.2 Å². The summed E-state index contributed by atoms with van der Waals surface area (Å²) < 4.78 is 3.10. The summed E-state index contributed by atoms with van der Waals surface area (Å²) in [5.74, 6) is 0.00172. The molecule has 1 fully saturated rings. The average Bonchev–Trinajstić information content (AvgIpc) is 3.17. The maximum Gasteiger partial charge on any atom is 0.271 e. The quantitative estimate of drug-likeness (QED) is 0.729. The van der Waals surface area contributed by atoms with Gasteiger partial charge in [-0.25, -0.2) is 4.98 Å². The van der Waals surface area contributed by atoms with E-state index in [4.69, 9.17) is 0 Å². The lowest BCUT2D eigenvalue weighted by Crippen LogP contribution is -2.34. The van der Waals surface area contributed by atoms with Crippen molar-refractivity contribution in [1.82, 2.24) is 14.5 Å². The van der Waals surface area contributed by atoms with E-state index >= 15 is 0 Å². The van der Waals surface area contributed by atoms with Crippen molar-refractivity contribution in [2.45, 2.75) is 19.4 Å². The van der Waals surface area contributed by atoms with Gasteiger partial charge in [0.15, 0.2) is 0 Å². The van der Waals surface area contributed by atoms with Gasteiger partial charge < -0.3 is 4.90 Å². The highest BCUT2D eigenvalue weighted by Crippen LogP contribution is 2.29. The second kappa shape index (κ2) is 5.21. The molecule has 0 unspecified atom stereocenters. The second-order valence-electron chi connectivity index (χ2n) is 5.54. The van der Waals surface area contributed by atoms with Crippen LogP contribution in [0.5, 0.6) is 0 Å². The van der Waals surface area contributed by atoms with Gasteiger partial charge in [0.05, 0.1) is 11.8 Å². The summed E-state index contributed by atoms with van der Waals surface area (Å²) >= 11 is 1.44. The number of carbonyl (C=O) groups is 1. The fourth-order valence-electron chi connectivity index (χ4n) is 2.94. The average molecular weight is 313 g/mol. The zero-order valence-corrected chi connectivity index (χ0v) is 12.8. The molecular weight excluding hydrogens is 298 g/mol. The maximum atomic E-state index is 12.6. The van der Waals surface area contributed by atoms with Crippen LogP contribution in [0.1, 0.15) is 12.8 Å². The highest BCUT2D eigenvalue weighted by molar-refractivity contribution is 7.25. The number of amides is 1. The number of hydrogen-bond acceptors (Lipinski definition) is 4. The Hall–Kier alpha value is -2.21. The van der Waals surface area contributed by atoms with Crippen molar-refractivity contribution in [2.75, 3.05) is 13.1 Å². The number of likely N-dealkylation sites (tertiary alicyclic amines) is 1. The van der Waals surface area contributed by atoms with Crippen molar-refractivity contribution in [2.24, 2.45) is 0 Å². The first kappa shape index (κ1) is 13.5. The molecule has 5 nitrogen and oxygen atoms in total. The van der Waals surface area contributed by atoms with E-state index in [1.54, 1.807) is 0 Å². The molecule has 112 valence electrons. The lowest BCUT2D eigenvalue weighted by atomic mass is 10.2. The monoisotopic (exact) mass is 313 g/mol. The summed E-state index contributed by atoms with van der Waals surface area (Å²) in [5.41, 5.74) is 0.606. The number of carbonyl (C=O) groups excluding carboxylic acids is 1. The van der Waals surface area contributed by atoms with Gasteiger partial charge in [-0.1, -0.05) is 18.2 Å². The molecule has 1 saturated heterocycles. The van der Waals surface area contributed by atoms with E-state index in [0.29, 0.717) is 4.70 Å². The Morgan fingerprint density at radius 2 is 2.00 bits per heavy atom. The lowest BCUT2D eigenvalue weighted by molar-refractivity contribution is -0.130. The smallest absolute Gasteiger partial charge is 0.271 e. The molecule has 0 spiro atoms. The summed E-state index contributed by atoms with van der Waals surface area (Å²) in [6, 6.07) is 7.85. The molecule has 0 atom stereocenters. The molecule has 1 aliphatic heterocycles. The van der Waals surface area contributed by atoms with Crippen LogP contribution in [0.3, 0.4) is 0 Å². The van der Waals surface area contributed by atoms with Crippen molar-refractivity contribution in [3.63, 3.8) is 0 Å². The van der Waals surface area contributed by atoms with Crippen LogP contribution < -0.4 is 5.56 Å². The van der Waals surface area contributed by atoms with Gasteiger partial charge in [0.2, 0.25) is 5.91 Å². The normalized spacial score (nSPS) is 15.0. The third kappa shape index (κ3) is 2.11. The van der Waals surface area contributed by atoms with Crippen molar-refractivity contribution >= 4 is 37.5 Å². The van der Waals surface area contributed by atoms with Gasteiger partial charge in [0.1, 0.15) is 11.2 Å². The fraction of sp³-hybridized carbons (Fsp3) is 0.312. The molecule has 3 heterocycles. The summed E-state index contributed by atoms with van der Waals surface area (Å²) in [5, 5.41) is 0.998. The molecular formula is C16H15N3O2S. The van der Waals surface area contributed by atoms with Gasteiger partial charge in [0.25, 0.3) is 5.56 Å². The molecule has 0 bridgehead atoms. The maximum absolute atomic E-state index is 12.6. The first-order valence-corrected chi connectivity index (χ1v) is 8.20. The number of benzene rings is 1. The van der Waals surface area contributed by atoms with Gasteiger partial charge in [-0.05, 0) is 18.9 Å². The lowest BCUT2D eigenvalue weighted by Gasteiger charge is -2.15. The topological polar surface area (TPSA) is 55.2 Å². The summed E-state index contributed by atoms with van der Waals surface area (Å²) in [4.78, 5) is 31.1. The zero-order chi connectivity index (χ0) is 15.1. The Bertz CT molecular complexity index is 922. The van der Waals surface area contributed by atoms with Crippen molar-refractivity contribution in [1.29, 1.82) is 0 Å². The number of fused-ring (bicyclic) bond motifs is 3. The highest BCUT2D eigenvalue weighted by Gasteiger charge is 2.19. The molecule has 0 radical (unpaired) electrons. The second-order valence-corrected chi connectivity index (χ2v) is 6.59. The molecule has 3 aromatic rings. The van der Waals surface area contributed by atoms with Gasteiger partial charge in [-0.15, -0.1) is 11.3 Å². The predicted octanol–water partition coefficient (Wildman–Crippen LogP) is 2.23. The number of hydrogen-bond donors (Lipinski definition) is 0. The molecule has 6 heteroatoms. The van der Waals surface area contributed by atoms with E-state index in [-0.39, 0.29) is 18.0 Å². The van der Waals surface area contributed by atoms with Crippen molar-refractivity contribution < 1.29 is 4.79 Å². The molecule has 1 amide bonds. The van der Waals surface area contributed by atoms with E-state index in [1.807, 2.05) is 29.2 Å². The van der Waals surface area contributed by atoms with Crippen LogP contribution in [0.2, 0.25) is 0 Å². The van der Waals surface area contributed by atoms with E-state index in [0.717, 1.165) is 41.5 Å². The van der Waals surface area contributed by atoms with Crippen LogP contribution in [-0.4, -0.2) is 33.4 Å². The van der Waals surface area contributed by atoms with E-state index in [1.165, 1.54) is 22.2 Å². The number of thiophene rings is 1. The Labute approximate surface area is 130 Å². The summed E-state index contributed by atoms with van der Waals surface area (Å²) in [6.45, 7) is 1.67. The van der Waals surface area contributed by atoms with E-state index in [9.17, 15) is 9.59 Å². The van der Waals surface area contributed by atoms with E-state index < -0.39 is 0 Å². The van der Waals surface area contributed by atoms with Crippen molar-refractivity contribution in [3.05, 3.63) is 40.9 Å². The largest absolute Gasteiger partial charge is 0.341 e. The molecule has 1 aliphatic rings. The molecule has 4 rings (SSSR count). The zero-order valence-electron chi connectivity index (χ0n) is 12.0. The SMILES string of the molecule is O=C(Cn1cnc2c(sc3ccccc32)c1=O)N1CCCC1. The minimum Gasteiger partial charge on any atom is -0.341 e. The van der Waals surface area contributed by atoms with Gasteiger partial charge in [-0.2, -0.15) is 0 Å². The van der Waals surface area contributed by atoms with Gasteiger partial charge in [0, 0.05) is 23.2 Å². The third-order valence-corrected chi connectivity index (χ3v) is 5.26. The van der Waals surface area contributed by atoms with Crippen LogP contribution in [0.15, 0.2) is 35.4 Å². The minimum absolute atomic E-state index is 0.00172. The Balaban J connectivity index is 1.76. The van der Waals surface area contributed by atoms with Crippen LogP contribution in [0.4, 0.5) is 0 Å². The minimum atomic E-state index is -0.126. The highest BCUT2D eigenvalue weighted by atomic mass is 32.1. The number of rotatable bonds is 2. The molecule has 2 aromatic heterocycles. The molecule has 1 aromatic carbocycles. The number of nitrogens with zero attached hydrogens (tertiary/aromatic N) is 3. The number of aromatic nitrogens is 2. The van der Waals surface area contributed by atoms with E-state index in [2.05, 4.69) is 4.98 Å². The Morgan fingerprint density at radius 1 is 1.23 bits per heavy atom. The molecule has 0 saturated carbocycles. The van der Waals surface area contributed by atoms with Crippen molar-refractivity contribution in [3.8, 4) is 0 Å². The van der Waals surface area contributed by atoms with Crippen LogP contribution in [-0.2, 0) is 11.3 Å². The van der Waals surface area contributed by atoms with Crippen LogP contribution in [0, 0.1) is 0 Å². The van der Waals surface area contributed by atoms with Crippen LogP contribution >= 0.6 is 11.3 Å². The first-order chi connectivity index (χ1) is 10.7. The molecule has 0 N–H and O–H groups in total. The van der Waals surface area contributed by atoms with Crippen LogP contribution in [0.25, 0.3) is 20.3 Å². The van der Waals surface area contributed by atoms with Gasteiger partial charge >= 0.3 is 0 Å². The molecule has 0 aliphatic carbocycles. The Morgan fingerprint density at radius 3 is 2.82 bits per heavy atom. The summed E-state index contributed by atoms with van der Waals surface area (Å²) in [7, 11) is 0.